The van der Waals surface area contributed by atoms with Crippen molar-refractivity contribution in [2.45, 2.75) is 31.7 Å². The number of anilines is 1. The van der Waals surface area contributed by atoms with E-state index in [2.05, 4.69) is 20.0 Å². The van der Waals surface area contributed by atoms with Crippen LogP contribution in [0.15, 0.2) is 79.9 Å². The van der Waals surface area contributed by atoms with Crippen LogP contribution in [-0.2, 0) is 11.0 Å². The van der Waals surface area contributed by atoms with Crippen LogP contribution in [0, 0.1) is 13.8 Å². The van der Waals surface area contributed by atoms with Gasteiger partial charge in [0.25, 0.3) is 5.91 Å². The molecule has 1 amide bonds. The number of carbonyl (C=O) groups excluding carboxylic acids is 1. The SMILES string of the molecule is CN=C/C(=C\N)c1oc2c(C(C)Nc3ccc(Cl)nc3C(=O)NS(=O)c3ccccc3)cc(C)cc2c(=O)c1C. The molecule has 0 saturated heterocycles. The number of nitrogens with two attached hydrogens (primary N) is 1. The second-order valence-corrected chi connectivity index (χ2v) is 10.6. The molecule has 0 spiro atoms. The van der Waals surface area contributed by atoms with Crippen molar-refractivity contribution in [3.05, 3.63) is 104 Å². The first kappa shape index (κ1) is 28.7. The molecule has 4 rings (SSSR count). The molecule has 0 bridgehead atoms. The Kier molecular flexibility index (Phi) is 8.81. The Morgan fingerprint density at radius 3 is 2.58 bits per heavy atom. The summed E-state index contributed by atoms with van der Waals surface area (Å²) in [5.74, 6) is -0.353. The third-order valence-electron chi connectivity index (χ3n) is 6.16. The maximum Gasteiger partial charge on any atom is 0.284 e. The lowest BCUT2D eigenvalue weighted by Crippen LogP contribution is -2.28. The minimum Gasteiger partial charge on any atom is -0.455 e. The van der Waals surface area contributed by atoms with Gasteiger partial charge in [-0.1, -0.05) is 35.9 Å². The van der Waals surface area contributed by atoms with Gasteiger partial charge >= 0.3 is 0 Å². The van der Waals surface area contributed by atoms with Crippen LogP contribution >= 0.6 is 11.6 Å². The van der Waals surface area contributed by atoms with E-state index in [1.807, 2.05) is 19.9 Å². The zero-order valence-electron chi connectivity index (χ0n) is 22.3. The van der Waals surface area contributed by atoms with Crippen molar-refractivity contribution < 1.29 is 13.4 Å². The summed E-state index contributed by atoms with van der Waals surface area (Å²) in [6.45, 7) is 5.43. The molecule has 9 nitrogen and oxygen atoms in total. The van der Waals surface area contributed by atoms with Crippen molar-refractivity contribution in [3.63, 3.8) is 0 Å². The largest absolute Gasteiger partial charge is 0.455 e. The number of fused-ring (bicyclic) bond motifs is 1. The fourth-order valence-electron chi connectivity index (χ4n) is 4.25. The van der Waals surface area contributed by atoms with E-state index in [9.17, 15) is 13.8 Å². The van der Waals surface area contributed by atoms with Gasteiger partial charge in [0.05, 0.1) is 27.6 Å². The Morgan fingerprint density at radius 1 is 1.18 bits per heavy atom. The number of amides is 1. The molecule has 0 aliphatic carbocycles. The van der Waals surface area contributed by atoms with E-state index in [0.29, 0.717) is 44.0 Å². The van der Waals surface area contributed by atoms with Crippen LogP contribution in [0.1, 0.15) is 45.9 Å². The second kappa shape index (κ2) is 12.3. The molecule has 2 aromatic carbocycles. The van der Waals surface area contributed by atoms with E-state index in [0.717, 1.165) is 5.56 Å². The van der Waals surface area contributed by atoms with Gasteiger partial charge in [-0.2, -0.15) is 0 Å². The summed E-state index contributed by atoms with van der Waals surface area (Å²) < 4.78 is 21.5. The molecule has 4 aromatic rings. The smallest absolute Gasteiger partial charge is 0.284 e. The van der Waals surface area contributed by atoms with Crippen LogP contribution in [0.2, 0.25) is 5.15 Å². The fourth-order valence-corrected chi connectivity index (χ4v) is 5.19. The van der Waals surface area contributed by atoms with Crippen LogP contribution in [0.4, 0.5) is 5.69 Å². The number of rotatable bonds is 8. The number of nitrogens with one attached hydrogen (secondary N) is 2. The zero-order chi connectivity index (χ0) is 29.0. The van der Waals surface area contributed by atoms with Gasteiger partial charge in [0.15, 0.2) is 22.1 Å². The van der Waals surface area contributed by atoms with Gasteiger partial charge in [-0.15, -0.1) is 0 Å². The standard InChI is InChI=1S/C29H28ClN5O4S/c1-16-12-21(28-22(13-16)26(36)17(2)27(39-28)19(14-31)15-32-4)18(3)33-23-10-11-24(30)34-25(23)29(37)35-40(38)20-8-6-5-7-9-20/h5-15,18,33H,31H2,1-4H3,(H,35,37)/b19-14+,32-15?. The van der Waals surface area contributed by atoms with Gasteiger partial charge in [-0.3, -0.25) is 19.3 Å². The summed E-state index contributed by atoms with van der Waals surface area (Å²) in [6, 6.07) is 14.9. The van der Waals surface area contributed by atoms with Crippen LogP contribution in [0.25, 0.3) is 16.5 Å². The molecule has 0 fully saturated rings. The van der Waals surface area contributed by atoms with Gasteiger partial charge in [0.1, 0.15) is 16.5 Å². The number of pyridine rings is 1. The third kappa shape index (κ3) is 5.98. The normalized spacial score (nSPS) is 13.4. The van der Waals surface area contributed by atoms with Crippen molar-refractivity contribution in [1.29, 1.82) is 0 Å². The molecule has 40 heavy (non-hydrogen) atoms. The molecule has 2 atom stereocenters. The lowest BCUT2D eigenvalue weighted by Gasteiger charge is -2.20. The van der Waals surface area contributed by atoms with Gasteiger partial charge in [-0.25, -0.2) is 9.19 Å². The number of carbonyl (C=O) groups is 1. The Labute approximate surface area is 238 Å². The maximum atomic E-state index is 13.4. The van der Waals surface area contributed by atoms with Crippen LogP contribution in [0.5, 0.6) is 0 Å². The second-order valence-electron chi connectivity index (χ2n) is 9.03. The van der Waals surface area contributed by atoms with Crippen molar-refractivity contribution in [1.82, 2.24) is 9.71 Å². The molecule has 2 heterocycles. The summed E-state index contributed by atoms with van der Waals surface area (Å²) in [5.41, 5.74) is 8.71. The van der Waals surface area contributed by atoms with Crippen molar-refractivity contribution in [2.75, 3.05) is 12.4 Å². The van der Waals surface area contributed by atoms with E-state index in [-0.39, 0.29) is 16.3 Å². The first-order chi connectivity index (χ1) is 19.1. The molecular weight excluding hydrogens is 550 g/mol. The average molecular weight is 578 g/mol. The zero-order valence-corrected chi connectivity index (χ0v) is 23.9. The molecule has 206 valence electrons. The van der Waals surface area contributed by atoms with Gasteiger partial charge in [0, 0.05) is 30.6 Å². The number of hydrogen-bond donors (Lipinski definition) is 3. The summed E-state index contributed by atoms with van der Waals surface area (Å²) in [4.78, 5) is 35.1. The quantitative estimate of drug-likeness (QED) is 0.196. The van der Waals surface area contributed by atoms with Gasteiger partial charge in [-0.05, 0) is 56.7 Å². The predicted octanol–water partition coefficient (Wildman–Crippen LogP) is 5.08. The van der Waals surface area contributed by atoms with E-state index >= 15 is 0 Å². The van der Waals surface area contributed by atoms with Crippen LogP contribution in [0.3, 0.4) is 0 Å². The topological polar surface area (TPSA) is 140 Å². The van der Waals surface area contributed by atoms with Gasteiger partial charge < -0.3 is 15.5 Å². The van der Waals surface area contributed by atoms with E-state index in [4.69, 9.17) is 21.8 Å². The highest BCUT2D eigenvalue weighted by Crippen LogP contribution is 2.31. The van der Waals surface area contributed by atoms with E-state index in [1.54, 1.807) is 62.5 Å². The summed E-state index contributed by atoms with van der Waals surface area (Å²) in [5, 5.41) is 3.79. The predicted molar refractivity (Wildman–Crippen MR) is 160 cm³/mol. The van der Waals surface area contributed by atoms with Crippen LogP contribution in [-0.4, -0.2) is 28.4 Å². The molecule has 0 aliphatic rings. The minimum absolute atomic E-state index is 0.0360. The highest BCUT2D eigenvalue weighted by molar-refractivity contribution is 7.83. The maximum absolute atomic E-state index is 13.4. The fraction of sp³-hybridized carbons (Fsp3) is 0.172. The average Bonchev–Trinajstić information content (AvgIpc) is 2.95. The van der Waals surface area contributed by atoms with Crippen molar-refractivity contribution in [2.24, 2.45) is 10.7 Å². The lowest BCUT2D eigenvalue weighted by atomic mass is 9.99. The van der Waals surface area contributed by atoms with E-state index < -0.39 is 22.9 Å². The molecular formula is C29H28ClN5O4S. The van der Waals surface area contributed by atoms with E-state index in [1.165, 1.54) is 12.4 Å². The summed E-state index contributed by atoms with van der Waals surface area (Å²) >= 11 is 6.11. The third-order valence-corrected chi connectivity index (χ3v) is 7.44. The number of allylic oxidation sites excluding steroid dienone is 1. The molecule has 0 saturated carbocycles. The number of aromatic nitrogens is 1. The number of aliphatic imine (C=N–C) groups is 1. The lowest BCUT2D eigenvalue weighted by molar-refractivity contribution is 0.0979. The Hall–Kier alpha value is -4.28. The summed E-state index contributed by atoms with van der Waals surface area (Å²) in [6.07, 6.45) is 2.86. The molecule has 4 N–H and O–H groups in total. The van der Waals surface area contributed by atoms with Crippen molar-refractivity contribution in [3.8, 4) is 0 Å². The van der Waals surface area contributed by atoms with Crippen LogP contribution < -0.4 is 21.2 Å². The number of benzene rings is 2. The molecule has 0 radical (unpaired) electrons. The summed E-state index contributed by atoms with van der Waals surface area (Å²) in [7, 11) is -0.201. The molecule has 11 heteroatoms. The number of aryl methyl sites for hydroxylation is 1. The van der Waals surface area contributed by atoms with Crippen molar-refractivity contribution >= 4 is 56.9 Å². The Morgan fingerprint density at radius 2 is 1.90 bits per heavy atom. The number of hydrogen-bond acceptors (Lipinski definition) is 8. The molecule has 0 aliphatic heterocycles. The number of halogens is 1. The number of nitrogens with zero attached hydrogens (tertiary/aromatic N) is 2. The Bertz CT molecular complexity index is 1730. The Balaban J connectivity index is 1.75. The monoisotopic (exact) mass is 577 g/mol. The van der Waals surface area contributed by atoms with Gasteiger partial charge in [0.2, 0.25) is 0 Å². The first-order valence-corrected chi connectivity index (χ1v) is 13.8. The molecule has 2 aromatic heterocycles. The highest BCUT2D eigenvalue weighted by Gasteiger charge is 2.22. The highest BCUT2D eigenvalue weighted by atomic mass is 35.5. The molecule has 2 unspecified atom stereocenters. The minimum atomic E-state index is -1.80. The first-order valence-electron chi connectivity index (χ1n) is 12.3.